The number of nitrogens with zero attached hydrogens (tertiary/aromatic N) is 1. The second-order valence-electron chi connectivity index (χ2n) is 7.49. The standard InChI is InChI=1S/C24H30Cl2N2O3/c1-5-16(3)27-24(30)22(6-2)28(15-17-10-12-18(31-4)13-11-17)23(29)14-19-20(25)8-7-9-21(19)26/h7-13,16,22H,5-6,14-15H2,1-4H3,(H,27,30)/t16-,22+/m1/s1. The highest BCUT2D eigenvalue weighted by atomic mass is 35.5. The van der Waals surface area contributed by atoms with Crippen LogP contribution >= 0.6 is 23.2 Å². The van der Waals surface area contributed by atoms with E-state index in [0.29, 0.717) is 22.0 Å². The third-order valence-electron chi connectivity index (χ3n) is 5.29. The summed E-state index contributed by atoms with van der Waals surface area (Å²) < 4.78 is 5.22. The first-order valence-electron chi connectivity index (χ1n) is 10.5. The number of benzene rings is 2. The van der Waals surface area contributed by atoms with Gasteiger partial charge >= 0.3 is 0 Å². The second-order valence-corrected chi connectivity index (χ2v) is 8.30. The molecule has 31 heavy (non-hydrogen) atoms. The number of carbonyl (C=O) groups is 2. The summed E-state index contributed by atoms with van der Waals surface area (Å²) in [6.07, 6.45) is 1.31. The Labute approximate surface area is 194 Å². The number of hydrogen-bond acceptors (Lipinski definition) is 3. The predicted molar refractivity (Wildman–Crippen MR) is 126 cm³/mol. The Morgan fingerprint density at radius 1 is 1.03 bits per heavy atom. The first-order chi connectivity index (χ1) is 14.8. The SMILES string of the molecule is CC[C@@H](C)NC(=O)[C@H](CC)N(Cc1ccc(OC)cc1)C(=O)Cc1c(Cl)cccc1Cl. The molecule has 0 bridgehead atoms. The Morgan fingerprint density at radius 3 is 2.16 bits per heavy atom. The van der Waals surface area contributed by atoms with Crippen LogP contribution in [0.2, 0.25) is 10.0 Å². The molecule has 2 rings (SSSR count). The zero-order valence-corrected chi connectivity index (χ0v) is 20.0. The molecule has 0 radical (unpaired) electrons. The zero-order valence-electron chi connectivity index (χ0n) is 18.5. The highest BCUT2D eigenvalue weighted by Gasteiger charge is 2.30. The molecule has 0 aliphatic carbocycles. The number of amides is 2. The molecule has 2 atom stereocenters. The number of hydrogen-bond donors (Lipinski definition) is 1. The molecule has 2 aromatic rings. The summed E-state index contributed by atoms with van der Waals surface area (Å²) in [7, 11) is 1.60. The van der Waals surface area contributed by atoms with Crippen molar-refractivity contribution in [3.63, 3.8) is 0 Å². The van der Waals surface area contributed by atoms with Gasteiger partial charge in [0.1, 0.15) is 11.8 Å². The zero-order chi connectivity index (χ0) is 23.0. The molecule has 0 unspecified atom stereocenters. The van der Waals surface area contributed by atoms with Crippen LogP contribution in [0.15, 0.2) is 42.5 Å². The van der Waals surface area contributed by atoms with Gasteiger partial charge in [-0.25, -0.2) is 0 Å². The van der Waals surface area contributed by atoms with E-state index in [9.17, 15) is 9.59 Å². The van der Waals surface area contributed by atoms with Crippen LogP contribution in [0.4, 0.5) is 0 Å². The molecule has 0 heterocycles. The van der Waals surface area contributed by atoms with Crippen molar-refractivity contribution in [1.82, 2.24) is 10.2 Å². The first kappa shape index (κ1) is 25.0. The molecular formula is C24H30Cl2N2O3. The van der Waals surface area contributed by atoms with Gasteiger partial charge in [0.25, 0.3) is 0 Å². The van der Waals surface area contributed by atoms with Gasteiger partial charge in [-0.05, 0) is 55.2 Å². The highest BCUT2D eigenvalue weighted by Crippen LogP contribution is 2.26. The maximum absolute atomic E-state index is 13.4. The van der Waals surface area contributed by atoms with Gasteiger partial charge in [0.2, 0.25) is 11.8 Å². The Morgan fingerprint density at radius 2 is 1.65 bits per heavy atom. The van der Waals surface area contributed by atoms with Crippen molar-refractivity contribution in [2.24, 2.45) is 0 Å². The van der Waals surface area contributed by atoms with Crippen molar-refractivity contribution in [1.29, 1.82) is 0 Å². The quantitative estimate of drug-likeness (QED) is 0.520. The lowest BCUT2D eigenvalue weighted by Gasteiger charge is -2.31. The van der Waals surface area contributed by atoms with Crippen LogP contribution in [0.25, 0.3) is 0 Å². The van der Waals surface area contributed by atoms with Gasteiger partial charge in [0.15, 0.2) is 0 Å². The summed E-state index contributed by atoms with van der Waals surface area (Å²) in [5.41, 5.74) is 1.46. The van der Waals surface area contributed by atoms with Crippen molar-refractivity contribution in [2.45, 2.75) is 58.7 Å². The first-order valence-corrected chi connectivity index (χ1v) is 11.2. The highest BCUT2D eigenvalue weighted by molar-refractivity contribution is 6.36. The van der Waals surface area contributed by atoms with Gasteiger partial charge < -0.3 is 15.0 Å². The molecular weight excluding hydrogens is 435 g/mol. The van der Waals surface area contributed by atoms with E-state index in [4.69, 9.17) is 27.9 Å². The molecule has 0 saturated heterocycles. The average Bonchev–Trinajstić information content (AvgIpc) is 2.76. The Hall–Kier alpha value is -2.24. The van der Waals surface area contributed by atoms with Crippen LogP contribution in [0.1, 0.15) is 44.7 Å². The van der Waals surface area contributed by atoms with E-state index in [2.05, 4.69) is 5.32 Å². The minimum atomic E-state index is -0.607. The molecule has 5 nitrogen and oxygen atoms in total. The fourth-order valence-corrected chi connectivity index (χ4v) is 3.77. The van der Waals surface area contributed by atoms with Crippen molar-refractivity contribution >= 4 is 35.0 Å². The molecule has 0 saturated carbocycles. The van der Waals surface area contributed by atoms with Crippen molar-refractivity contribution < 1.29 is 14.3 Å². The summed E-state index contributed by atoms with van der Waals surface area (Å²) in [4.78, 5) is 28.0. The number of nitrogens with one attached hydrogen (secondary N) is 1. The lowest BCUT2D eigenvalue weighted by Crippen LogP contribution is -2.51. The van der Waals surface area contributed by atoms with E-state index in [1.165, 1.54) is 0 Å². The number of methoxy groups -OCH3 is 1. The molecule has 0 aliphatic heterocycles. The average molecular weight is 465 g/mol. The molecule has 2 aromatic carbocycles. The number of halogens is 2. The van der Waals surface area contributed by atoms with Gasteiger partial charge in [-0.2, -0.15) is 0 Å². The van der Waals surface area contributed by atoms with Crippen LogP contribution in [-0.4, -0.2) is 35.9 Å². The topological polar surface area (TPSA) is 58.6 Å². The lowest BCUT2D eigenvalue weighted by atomic mass is 10.1. The van der Waals surface area contributed by atoms with Crippen LogP contribution < -0.4 is 10.1 Å². The molecule has 2 amide bonds. The number of carbonyl (C=O) groups excluding carboxylic acids is 2. The van der Waals surface area contributed by atoms with Crippen molar-refractivity contribution in [3.05, 3.63) is 63.6 Å². The molecule has 1 N–H and O–H groups in total. The van der Waals surface area contributed by atoms with Gasteiger partial charge in [-0.1, -0.05) is 55.2 Å². The maximum atomic E-state index is 13.4. The smallest absolute Gasteiger partial charge is 0.243 e. The van der Waals surface area contributed by atoms with Crippen LogP contribution in [0, 0.1) is 0 Å². The summed E-state index contributed by atoms with van der Waals surface area (Å²) >= 11 is 12.6. The Balaban J connectivity index is 2.34. The van der Waals surface area contributed by atoms with Crippen LogP contribution in [0.3, 0.4) is 0 Å². The summed E-state index contributed by atoms with van der Waals surface area (Å²) in [5, 5.41) is 3.87. The van der Waals surface area contributed by atoms with E-state index < -0.39 is 6.04 Å². The third-order valence-corrected chi connectivity index (χ3v) is 6.00. The van der Waals surface area contributed by atoms with Crippen LogP contribution in [-0.2, 0) is 22.6 Å². The summed E-state index contributed by atoms with van der Waals surface area (Å²) in [5.74, 6) is 0.354. The third kappa shape index (κ3) is 6.88. The fraction of sp³-hybridized carbons (Fsp3) is 0.417. The predicted octanol–water partition coefficient (Wildman–Crippen LogP) is 5.27. The van der Waals surface area contributed by atoms with Gasteiger partial charge in [0, 0.05) is 22.6 Å². The van der Waals surface area contributed by atoms with E-state index in [1.807, 2.05) is 45.0 Å². The largest absolute Gasteiger partial charge is 0.497 e. The molecule has 0 aromatic heterocycles. The van der Waals surface area contributed by atoms with Crippen molar-refractivity contribution in [2.75, 3.05) is 7.11 Å². The van der Waals surface area contributed by atoms with Gasteiger partial charge in [-0.3, -0.25) is 9.59 Å². The van der Waals surface area contributed by atoms with Crippen LogP contribution in [0.5, 0.6) is 5.75 Å². The molecule has 0 fully saturated rings. The monoisotopic (exact) mass is 464 g/mol. The molecule has 168 valence electrons. The van der Waals surface area contributed by atoms with Crippen molar-refractivity contribution in [3.8, 4) is 5.75 Å². The second kappa shape index (κ2) is 12.0. The normalized spacial score (nSPS) is 12.7. The summed E-state index contributed by atoms with van der Waals surface area (Å²) in [6.45, 7) is 6.14. The summed E-state index contributed by atoms with van der Waals surface area (Å²) in [6, 6.07) is 12.0. The Bertz CT molecular complexity index is 867. The Kier molecular flexibility index (Phi) is 9.66. The number of ether oxygens (including phenoxy) is 1. The molecule has 0 aliphatic rings. The molecule has 0 spiro atoms. The van der Waals surface area contributed by atoms with E-state index in [1.54, 1.807) is 30.2 Å². The minimum absolute atomic E-state index is 0.0156. The van der Waals surface area contributed by atoms with E-state index >= 15 is 0 Å². The fourth-order valence-electron chi connectivity index (χ4n) is 3.24. The number of rotatable bonds is 10. The maximum Gasteiger partial charge on any atom is 0.243 e. The van der Waals surface area contributed by atoms with E-state index in [-0.39, 0.29) is 30.8 Å². The lowest BCUT2D eigenvalue weighted by molar-refractivity contribution is -0.141. The van der Waals surface area contributed by atoms with Gasteiger partial charge in [-0.15, -0.1) is 0 Å². The molecule has 7 heteroatoms. The van der Waals surface area contributed by atoms with E-state index in [0.717, 1.165) is 17.7 Å². The van der Waals surface area contributed by atoms with Gasteiger partial charge in [0.05, 0.1) is 13.5 Å². The minimum Gasteiger partial charge on any atom is -0.497 e.